The highest BCUT2D eigenvalue weighted by Crippen LogP contribution is 2.38. The van der Waals surface area contributed by atoms with Crippen molar-refractivity contribution in [3.05, 3.63) is 58.1 Å². The number of likely N-dealkylation sites (N-methyl/N-ethyl adjacent to an activating group) is 1. The number of unbranched alkanes of at least 4 members (excludes halogenated alkanes) is 1. The van der Waals surface area contributed by atoms with Crippen molar-refractivity contribution in [2.75, 3.05) is 26.7 Å². The average molecular weight is 635 g/mol. The quantitative estimate of drug-likeness (QED) is 0.178. The van der Waals surface area contributed by atoms with Crippen LogP contribution in [0.4, 0.5) is 0 Å². The standard InChI is InChI=1S/C32H49ClN2O3S.C4H10/c1-7-9-25-18-28(33)11-13-30(25)27(20-35(6)19-26-10-12-29(26)23(4)36)21-38-32(5)16-14-24(15-17-32)31(37)34-39-22(3)8-2;1-3-4-2/h11,13-16,18,22-23,26-27,29,36H,7-10,12,17,19-21H2,1-6H3,(H,34,37);3-4H2,1-2H3. The molecule has 0 aliphatic heterocycles. The van der Waals surface area contributed by atoms with Gasteiger partial charge in [-0.25, -0.2) is 0 Å². The second-order valence-electron chi connectivity index (χ2n) is 12.8. The first-order chi connectivity index (χ1) is 20.5. The fraction of sp³-hybridized carbons (Fsp3) is 0.694. The summed E-state index contributed by atoms with van der Waals surface area (Å²) in [5.74, 6) is 1.09. The molecule has 6 atom stereocenters. The number of aliphatic hydroxyl groups is 1. The van der Waals surface area contributed by atoms with E-state index in [0.29, 0.717) is 35.7 Å². The molecular weight excluding hydrogens is 576 g/mol. The van der Waals surface area contributed by atoms with Crippen LogP contribution >= 0.6 is 23.5 Å². The molecule has 3 rings (SSSR count). The van der Waals surface area contributed by atoms with Gasteiger partial charge in [0.25, 0.3) is 5.91 Å². The summed E-state index contributed by atoms with van der Waals surface area (Å²) >= 11 is 7.88. The molecule has 2 aliphatic rings. The first-order valence-electron chi connectivity index (χ1n) is 16.6. The molecule has 1 fully saturated rings. The summed E-state index contributed by atoms with van der Waals surface area (Å²) < 4.78 is 9.60. The van der Waals surface area contributed by atoms with Gasteiger partial charge in [0.1, 0.15) is 0 Å². The monoisotopic (exact) mass is 634 g/mol. The lowest BCUT2D eigenvalue weighted by molar-refractivity contribution is -0.115. The maximum Gasteiger partial charge on any atom is 0.260 e. The number of nitrogens with one attached hydrogen (secondary N) is 1. The first-order valence-corrected chi connectivity index (χ1v) is 17.9. The zero-order chi connectivity index (χ0) is 32.0. The van der Waals surface area contributed by atoms with Crippen molar-refractivity contribution in [2.45, 2.75) is 123 Å². The van der Waals surface area contributed by atoms with Crippen LogP contribution in [0.2, 0.25) is 5.02 Å². The van der Waals surface area contributed by atoms with Crippen LogP contribution in [-0.2, 0) is 16.0 Å². The molecule has 0 spiro atoms. The molecule has 1 saturated carbocycles. The van der Waals surface area contributed by atoms with Crippen LogP contribution in [0.1, 0.15) is 110 Å². The maximum absolute atomic E-state index is 12.6. The third-order valence-electron chi connectivity index (χ3n) is 8.89. The third-order valence-corrected chi connectivity index (χ3v) is 10.2. The maximum atomic E-state index is 12.6. The number of nitrogens with zero attached hydrogens (tertiary/aromatic N) is 1. The molecular formula is C36H59ClN2O3S. The minimum absolute atomic E-state index is 0.0463. The van der Waals surface area contributed by atoms with Gasteiger partial charge in [0.15, 0.2) is 0 Å². The molecule has 43 heavy (non-hydrogen) atoms. The van der Waals surface area contributed by atoms with Gasteiger partial charge >= 0.3 is 0 Å². The topological polar surface area (TPSA) is 61.8 Å². The number of carbonyl (C=O) groups excluding carboxylic acids is 1. The number of rotatable bonds is 16. The number of aryl methyl sites for hydroxylation is 1. The van der Waals surface area contributed by atoms with E-state index < -0.39 is 5.60 Å². The van der Waals surface area contributed by atoms with Gasteiger partial charge in [0.2, 0.25) is 0 Å². The van der Waals surface area contributed by atoms with Gasteiger partial charge < -0.3 is 14.7 Å². The van der Waals surface area contributed by atoms with Crippen molar-refractivity contribution >= 4 is 29.5 Å². The summed E-state index contributed by atoms with van der Waals surface area (Å²) in [6.45, 7) is 17.2. The summed E-state index contributed by atoms with van der Waals surface area (Å²) in [6.07, 6.45) is 14.3. The summed E-state index contributed by atoms with van der Waals surface area (Å²) in [5.41, 5.74) is 2.82. The lowest BCUT2D eigenvalue weighted by Crippen LogP contribution is -2.42. The van der Waals surface area contributed by atoms with E-state index in [9.17, 15) is 9.90 Å². The van der Waals surface area contributed by atoms with Crippen LogP contribution < -0.4 is 4.72 Å². The Kier molecular flexibility index (Phi) is 17.0. The van der Waals surface area contributed by atoms with E-state index in [0.717, 1.165) is 43.8 Å². The Morgan fingerprint density at radius 2 is 1.91 bits per heavy atom. The summed E-state index contributed by atoms with van der Waals surface area (Å²) in [6, 6.07) is 6.27. The number of hydrogen-bond acceptors (Lipinski definition) is 5. The minimum atomic E-state index is -0.465. The zero-order valence-electron chi connectivity index (χ0n) is 28.1. The second-order valence-corrected chi connectivity index (χ2v) is 14.5. The highest BCUT2D eigenvalue weighted by atomic mass is 35.5. The van der Waals surface area contributed by atoms with Crippen LogP contribution in [0.15, 0.2) is 42.0 Å². The Morgan fingerprint density at radius 1 is 1.19 bits per heavy atom. The van der Waals surface area contributed by atoms with Gasteiger partial charge in [-0.3, -0.25) is 9.52 Å². The molecule has 1 aromatic rings. The Morgan fingerprint density at radius 3 is 2.44 bits per heavy atom. The van der Waals surface area contributed by atoms with Crippen LogP contribution in [-0.4, -0.2) is 59.6 Å². The highest BCUT2D eigenvalue weighted by Gasteiger charge is 2.35. The van der Waals surface area contributed by atoms with E-state index in [1.54, 1.807) is 0 Å². The first kappa shape index (κ1) is 37.9. The molecule has 1 aromatic carbocycles. The Hall–Kier alpha value is -1.31. The fourth-order valence-corrected chi connectivity index (χ4v) is 6.37. The summed E-state index contributed by atoms with van der Waals surface area (Å²) in [5, 5.41) is 11.3. The minimum Gasteiger partial charge on any atom is -0.393 e. The van der Waals surface area contributed by atoms with Gasteiger partial charge in [-0.2, -0.15) is 0 Å². The van der Waals surface area contributed by atoms with E-state index >= 15 is 0 Å². The van der Waals surface area contributed by atoms with Gasteiger partial charge in [0, 0.05) is 34.9 Å². The molecule has 0 bridgehead atoms. The van der Waals surface area contributed by atoms with E-state index in [1.165, 1.54) is 42.3 Å². The fourth-order valence-electron chi connectivity index (χ4n) is 5.58. The van der Waals surface area contributed by atoms with Crippen molar-refractivity contribution in [1.29, 1.82) is 0 Å². The molecule has 7 heteroatoms. The number of halogens is 1. The molecule has 0 heterocycles. The van der Waals surface area contributed by atoms with Gasteiger partial charge in [-0.15, -0.1) is 0 Å². The van der Waals surface area contributed by atoms with Crippen molar-refractivity contribution in [2.24, 2.45) is 11.8 Å². The van der Waals surface area contributed by atoms with Gasteiger partial charge in [-0.1, -0.05) is 89.8 Å². The Bertz CT molecular complexity index is 1040. The smallest absolute Gasteiger partial charge is 0.260 e. The van der Waals surface area contributed by atoms with Crippen molar-refractivity contribution in [3.63, 3.8) is 0 Å². The van der Waals surface area contributed by atoms with E-state index in [2.05, 4.69) is 70.3 Å². The molecule has 244 valence electrons. The van der Waals surface area contributed by atoms with E-state index in [-0.39, 0.29) is 17.9 Å². The molecule has 0 saturated heterocycles. The number of carbonyl (C=O) groups is 1. The van der Waals surface area contributed by atoms with E-state index in [1.807, 2.05) is 31.2 Å². The van der Waals surface area contributed by atoms with Crippen LogP contribution in [0, 0.1) is 11.8 Å². The Labute approximate surface area is 272 Å². The average Bonchev–Trinajstić information content (AvgIpc) is 2.96. The van der Waals surface area contributed by atoms with Crippen molar-refractivity contribution in [1.82, 2.24) is 9.62 Å². The molecule has 0 radical (unpaired) electrons. The third kappa shape index (κ3) is 12.5. The van der Waals surface area contributed by atoms with Crippen molar-refractivity contribution in [3.8, 4) is 0 Å². The number of ether oxygens (including phenoxy) is 1. The zero-order valence-corrected chi connectivity index (χ0v) is 29.7. The van der Waals surface area contributed by atoms with Crippen LogP contribution in [0.3, 0.4) is 0 Å². The highest BCUT2D eigenvalue weighted by molar-refractivity contribution is 7.98. The number of aliphatic hydroxyl groups excluding tert-OH is 1. The number of amides is 1. The molecule has 2 N–H and O–H groups in total. The lowest BCUT2D eigenvalue weighted by Gasteiger charge is -2.41. The van der Waals surface area contributed by atoms with Crippen LogP contribution in [0.25, 0.3) is 0 Å². The van der Waals surface area contributed by atoms with E-state index in [4.69, 9.17) is 16.3 Å². The number of hydrogen-bond donors (Lipinski definition) is 2. The molecule has 1 amide bonds. The second kappa shape index (κ2) is 19.3. The predicted octanol–water partition coefficient (Wildman–Crippen LogP) is 8.75. The molecule has 0 aromatic heterocycles. The molecule has 6 unspecified atom stereocenters. The van der Waals surface area contributed by atoms with Gasteiger partial charge in [0.05, 0.1) is 18.3 Å². The van der Waals surface area contributed by atoms with Crippen LogP contribution in [0.5, 0.6) is 0 Å². The molecule has 5 nitrogen and oxygen atoms in total. The SMILES string of the molecule is CCCC.CCCc1cc(Cl)ccc1C(COC1(C)C=CC(C(=O)NSC(C)CC)=CC1)CN(C)CC1CCC1C(C)O. The summed E-state index contributed by atoms with van der Waals surface area (Å²) in [7, 11) is 2.19. The van der Waals surface area contributed by atoms with Crippen molar-refractivity contribution < 1.29 is 14.6 Å². The van der Waals surface area contributed by atoms with Gasteiger partial charge in [-0.05, 0) is 100 Å². The largest absolute Gasteiger partial charge is 0.393 e. The number of benzene rings is 1. The Balaban J connectivity index is 0.00000151. The summed E-state index contributed by atoms with van der Waals surface area (Å²) in [4.78, 5) is 15.0. The molecule has 2 aliphatic carbocycles. The lowest BCUT2D eigenvalue weighted by atomic mass is 9.70. The predicted molar refractivity (Wildman–Crippen MR) is 186 cm³/mol. The normalized spacial score (nSPS) is 23.5.